The van der Waals surface area contributed by atoms with Gasteiger partial charge in [0.05, 0.1) is 17.8 Å². The highest BCUT2D eigenvalue weighted by atomic mass is 32.1. The van der Waals surface area contributed by atoms with Crippen LogP contribution in [0.2, 0.25) is 0 Å². The number of carbonyl (C=O) groups excluding carboxylic acids is 1. The van der Waals surface area contributed by atoms with Crippen molar-refractivity contribution in [2.75, 3.05) is 13.2 Å². The first-order valence-corrected chi connectivity index (χ1v) is 9.64. The molecular weight excluding hydrogens is 378 g/mol. The van der Waals surface area contributed by atoms with Gasteiger partial charge < -0.3 is 14.8 Å². The van der Waals surface area contributed by atoms with Gasteiger partial charge in [-0.2, -0.15) is 21.0 Å². The lowest BCUT2D eigenvalue weighted by Gasteiger charge is -2.20. The Bertz CT molecular complexity index is 1160. The molecule has 5 rings (SSSR count). The zero-order valence-electron chi connectivity index (χ0n) is 14.7. The van der Waals surface area contributed by atoms with Gasteiger partial charge in [-0.15, -0.1) is 10.2 Å². The van der Waals surface area contributed by atoms with Gasteiger partial charge in [0.15, 0.2) is 23.0 Å². The van der Waals surface area contributed by atoms with Gasteiger partial charge in [0, 0.05) is 10.9 Å². The van der Waals surface area contributed by atoms with Gasteiger partial charge in [-0.3, -0.25) is 4.79 Å². The summed E-state index contributed by atoms with van der Waals surface area (Å²) in [6.07, 6.45) is 0. The predicted molar refractivity (Wildman–Crippen MR) is 103 cm³/mol. The van der Waals surface area contributed by atoms with Crippen LogP contribution in [0.4, 0.5) is 0 Å². The lowest BCUT2D eigenvalue weighted by molar-refractivity contribution is 0.0938. The molecule has 28 heavy (non-hydrogen) atoms. The highest BCUT2D eigenvalue weighted by molar-refractivity contribution is 7.08. The summed E-state index contributed by atoms with van der Waals surface area (Å²) in [6.45, 7) is 1.08. The molecule has 0 fully saturated rings. The third-order valence-corrected chi connectivity index (χ3v) is 5.05. The Morgan fingerprint density at radius 2 is 2.07 bits per heavy atom. The number of hydrogen-bond donors (Lipinski definition) is 1. The number of benzene rings is 1. The van der Waals surface area contributed by atoms with E-state index in [1.165, 1.54) is 0 Å². The fourth-order valence-corrected chi connectivity index (χ4v) is 3.66. The summed E-state index contributed by atoms with van der Waals surface area (Å²) in [4.78, 5) is 12.7. The van der Waals surface area contributed by atoms with E-state index in [0.717, 1.165) is 11.3 Å². The van der Waals surface area contributed by atoms with E-state index in [9.17, 15) is 4.79 Å². The first-order chi connectivity index (χ1) is 13.8. The van der Waals surface area contributed by atoms with Crippen LogP contribution in [0.3, 0.4) is 0 Å². The molecule has 1 amide bonds. The topological polar surface area (TPSA) is 90.6 Å². The summed E-state index contributed by atoms with van der Waals surface area (Å²) >= 11 is 1.61. The molecule has 3 aromatic heterocycles. The monoisotopic (exact) mass is 393 g/mol. The van der Waals surface area contributed by atoms with Crippen LogP contribution < -0.4 is 14.8 Å². The first-order valence-electron chi connectivity index (χ1n) is 8.70. The highest BCUT2D eigenvalue weighted by Gasteiger charge is 2.20. The molecule has 0 saturated carbocycles. The lowest BCUT2D eigenvalue weighted by atomic mass is 10.1. The number of nitrogens with zero attached hydrogens (tertiary/aromatic N) is 4. The van der Waals surface area contributed by atoms with E-state index in [4.69, 9.17) is 9.47 Å². The van der Waals surface area contributed by atoms with Crippen LogP contribution in [-0.2, 0) is 6.54 Å². The average Bonchev–Trinajstić information content (AvgIpc) is 3.41. The molecular formula is C19H15N5O3S. The van der Waals surface area contributed by atoms with Crippen LogP contribution in [0.25, 0.3) is 16.9 Å². The number of aromatic nitrogens is 4. The fraction of sp³-hybridized carbons (Fsp3) is 0.158. The fourth-order valence-electron chi connectivity index (χ4n) is 3.01. The molecule has 0 atom stereocenters. The van der Waals surface area contributed by atoms with E-state index in [1.807, 2.05) is 29.0 Å². The maximum atomic E-state index is 12.7. The summed E-state index contributed by atoms with van der Waals surface area (Å²) in [7, 11) is 0. The van der Waals surface area contributed by atoms with E-state index in [2.05, 4.69) is 20.6 Å². The van der Waals surface area contributed by atoms with Crippen molar-refractivity contribution in [1.82, 2.24) is 25.1 Å². The number of fused-ring (bicyclic) bond motifs is 2. The molecule has 8 nitrogen and oxygen atoms in total. The molecule has 1 aliphatic heterocycles. The van der Waals surface area contributed by atoms with Gasteiger partial charge in [0.1, 0.15) is 13.2 Å². The van der Waals surface area contributed by atoms with Crippen molar-refractivity contribution in [3.8, 4) is 22.8 Å². The van der Waals surface area contributed by atoms with Crippen molar-refractivity contribution >= 4 is 22.9 Å². The van der Waals surface area contributed by atoms with Crippen LogP contribution >= 0.6 is 11.3 Å². The number of rotatable bonds is 4. The zero-order valence-corrected chi connectivity index (χ0v) is 15.5. The maximum absolute atomic E-state index is 12.7. The summed E-state index contributed by atoms with van der Waals surface area (Å²) < 4.78 is 12.8. The summed E-state index contributed by atoms with van der Waals surface area (Å²) in [5.41, 5.74) is 2.91. The van der Waals surface area contributed by atoms with E-state index in [1.54, 1.807) is 34.1 Å². The first kappa shape index (κ1) is 16.7. The van der Waals surface area contributed by atoms with Crippen LogP contribution in [0, 0.1) is 0 Å². The molecule has 0 unspecified atom stereocenters. The summed E-state index contributed by atoms with van der Waals surface area (Å²) in [5, 5.41) is 19.8. The second-order valence-corrected chi connectivity index (χ2v) is 6.91. The zero-order chi connectivity index (χ0) is 18.9. The molecule has 1 aliphatic rings. The molecule has 0 aliphatic carbocycles. The van der Waals surface area contributed by atoms with Crippen molar-refractivity contribution in [3.05, 3.63) is 58.5 Å². The molecule has 4 aromatic rings. The molecule has 0 bridgehead atoms. The Balaban J connectivity index is 1.39. The van der Waals surface area contributed by atoms with Crippen molar-refractivity contribution < 1.29 is 14.3 Å². The van der Waals surface area contributed by atoms with Crippen LogP contribution in [0.1, 0.15) is 16.2 Å². The number of carbonyl (C=O) groups is 1. The third-order valence-electron chi connectivity index (χ3n) is 4.36. The normalized spacial score (nSPS) is 12.9. The van der Waals surface area contributed by atoms with Gasteiger partial charge in [-0.25, -0.2) is 0 Å². The van der Waals surface area contributed by atoms with Gasteiger partial charge in [0.25, 0.3) is 5.91 Å². The largest absolute Gasteiger partial charge is 0.486 e. The Hall–Kier alpha value is -3.46. The molecule has 140 valence electrons. The van der Waals surface area contributed by atoms with Gasteiger partial charge in [-0.1, -0.05) is 6.07 Å². The van der Waals surface area contributed by atoms with Crippen LogP contribution in [0.5, 0.6) is 11.5 Å². The minimum Gasteiger partial charge on any atom is -0.486 e. The molecule has 0 radical (unpaired) electrons. The van der Waals surface area contributed by atoms with Crippen molar-refractivity contribution in [3.63, 3.8) is 0 Å². The van der Waals surface area contributed by atoms with Crippen LogP contribution in [0.15, 0.2) is 47.2 Å². The van der Waals surface area contributed by atoms with Gasteiger partial charge >= 0.3 is 0 Å². The number of thiophene rings is 1. The standard InChI is InChI=1S/C19H15N5O3S/c25-19(13-2-1-3-15-18(13)27-8-7-26-15)20-10-17-22-21-16-5-4-14(23-24(16)17)12-6-9-28-11-12/h1-6,9,11H,7-8,10H2,(H,20,25). The van der Waals surface area contributed by atoms with Gasteiger partial charge in [0.2, 0.25) is 0 Å². The van der Waals surface area contributed by atoms with Crippen molar-refractivity contribution in [2.45, 2.75) is 6.54 Å². The quantitative estimate of drug-likeness (QED) is 0.573. The Kier molecular flexibility index (Phi) is 4.13. The number of nitrogens with one attached hydrogen (secondary N) is 1. The van der Waals surface area contributed by atoms with E-state index in [-0.39, 0.29) is 12.5 Å². The van der Waals surface area contributed by atoms with E-state index < -0.39 is 0 Å². The van der Waals surface area contributed by atoms with E-state index in [0.29, 0.717) is 41.7 Å². The Labute approximate surface area is 163 Å². The molecule has 1 N–H and O–H groups in total. The molecule has 1 aromatic carbocycles. The summed E-state index contributed by atoms with van der Waals surface area (Å²) in [5.74, 6) is 1.32. The van der Waals surface area contributed by atoms with Crippen molar-refractivity contribution in [1.29, 1.82) is 0 Å². The maximum Gasteiger partial charge on any atom is 0.255 e. The second-order valence-electron chi connectivity index (χ2n) is 6.13. The number of para-hydroxylation sites is 1. The third kappa shape index (κ3) is 2.95. The molecule has 0 saturated heterocycles. The smallest absolute Gasteiger partial charge is 0.255 e. The van der Waals surface area contributed by atoms with Gasteiger partial charge in [-0.05, 0) is 35.7 Å². The lowest BCUT2D eigenvalue weighted by Crippen LogP contribution is -2.26. The highest BCUT2D eigenvalue weighted by Crippen LogP contribution is 2.33. The number of hydrogen-bond acceptors (Lipinski definition) is 7. The minimum atomic E-state index is -0.270. The van der Waals surface area contributed by atoms with E-state index >= 15 is 0 Å². The van der Waals surface area contributed by atoms with Crippen molar-refractivity contribution in [2.24, 2.45) is 0 Å². The van der Waals surface area contributed by atoms with Crippen LogP contribution in [-0.4, -0.2) is 38.9 Å². The SMILES string of the molecule is O=C(NCc1nnc2ccc(-c3ccsc3)nn12)c1cccc2c1OCCO2. The number of ether oxygens (including phenoxy) is 2. The Morgan fingerprint density at radius 1 is 1.14 bits per heavy atom. The molecule has 9 heteroatoms. The Morgan fingerprint density at radius 3 is 2.96 bits per heavy atom. The predicted octanol–water partition coefficient (Wildman–Crippen LogP) is 2.55. The average molecular weight is 393 g/mol. The minimum absolute atomic E-state index is 0.185. The number of amides is 1. The second kappa shape index (κ2) is 6.93. The summed E-state index contributed by atoms with van der Waals surface area (Å²) in [6, 6.07) is 11.0. The molecule has 4 heterocycles. The molecule has 0 spiro atoms.